The summed E-state index contributed by atoms with van der Waals surface area (Å²) < 4.78 is 47.8. The summed E-state index contributed by atoms with van der Waals surface area (Å²) in [5, 5.41) is 3.37. The summed E-state index contributed by atoms with van der Waals surface area (Å²) >= 11 is 0. The normalized spacial score (nSPS) is 15.1. The topological polar surface area (TPSA) is 84.6 Å². The minimum atomic E-state index is -4.67. The van der Waals surface area contributed by atoms with Crippen molar-refractivity contribution in [1.82, 2.24) is 20.0 Å². The number of rotatable bonds is 9. The number of halogens is 3. The van der Waals surface area contributed by atoms with Crippen LogP contribution in [0.3, 0.4) is 0 Å². The predicted molar refractivity (Wildman–Crippen MR) is 117 cm³/mol. The molecule has 0 aliphatic carbocycles. The second kappa shape index (κ2) is 10.1. The Balaban J connectivity index is 1.19. The van der Waals surface area contributed by atoms with Crippen LogP contribution in [0.4, 0.5) is 23.7 Å². The fraction of sp³-hybridized carbons (Fsp3) is 0.391. The van der Waals surface area contributed by atoms with Crippen LogP contribution in [0.15, 0.2) is 53.3 Å². The summed E-state index contributed by atoms with van der Waals surface area (Å²) in [6.45, 7) is 4.64. The molecule has 2 aromatic heterocycles. The molecule has 0 saturated carbocycles. The number of carbonyl (C=O) groups excluding carboxylic acids is 1. The van der Waals surface area contributed by atoms with Crippen molar-refractivity contribution in [2.75, 3.05) is 31.1 Å². The Morgan fingerprint density at radius 3 is 2.50 bits per heavy atom. The molecule has 1 fully saturated rings. The number of urea groups is 1. The minimum Gasteiger partial charge on any atom is -0.494 e. The largest absolute Gasteiger partial charge is 0.494 e. The molecule has 34 heavy (non-hydrogen) atoms. The van der Waals surface area contributed by atoms with Crippen molar-refractivity contribution in [2.45, 2.75) is 25.9 Å². The van der Waals surface area contributed by atoms with Crippen LogP contribution >= 0.6 is 0 Å². The summed E-state index contributed by atoms with van der Waals surface area (Å²) in [6.07, 6.45) is 0.340. The Kier molecular flexibility index (Phi) is 6.99. The first-order valence-electron chi connectivity index (χ1n) is 10.9. The molecular formula is C23H24F3N5O3. The zero-order valence-electron chi connectivity index (χ0n) is 18.5. The van der Waals surface area contributed by atoms with Crippen molar-refractivity contribution in [3.63, 3.8) is 0 Å². The molecule has 0 bridgehead atoms. The van der Waals surface area contributed by atoms with Gasteiger partial charge in [0.1, 0.15) is 5.75 Å². The van der Waals surface area contributed by atoms with Crippen LogP contribution in [-0.4, -0.2) is 52.3 Å². The lowest BCUT2D eigenvalue weighted by molar-refractivity contribution is -0.159. The maximum atomic E-state index is 12.6. The molecule has 180 valence electrons. The molecule has 8 nitrogen and oxygen atoms in total. The first-order chi connectivity index (χ1) is 16.3. The van der Waals surface area contributed by atoms with Gasteiger partial charge in [0.25, 0.3) is 0 Å². The number of amides is 2. The minimum absolute atomic E-state index is 0.0127. The second-order valence-corrected chi connectivity index (χ2v) is 8.10. The van der Waals surface area contributed by atoms with E-state index in [0.717, 1.165) is 18.5 Å². The molecule has 0 radical (unpaired) electrons. The number of hydrogen-bond acceptors (Lipinski definition) is 6. The van der Waals surface area contributed by atoms with Crippen LogP contribution in [0.5, 0.6) is 5.75 Å². The van der Waals surface area contributed by atoms with E-state index in [1.807, 2.05) is 17.0 Å². The molecule has 1 atom stereocenters. The highest BCUT2D eigenvalue weighted by atomic mass is 19.4. The lowest BCUT2D eigenvalue weighted by Crippen LogP contribution is -2.33. The zero-order chi connectivity index (χ0) is 24.1. The number of anilines is 1. The molecule has 1 saturated heterocycles. The van der Waals surface area contributed by atoms with Gasteiger partial charge in [-0.05, 0) is 55.2 Å². The number of aromatic nitrogens is 3. The van der Waals surface area contributed by atoms with Crippen LogP contribution < -0.4 is 9.64 Å². The Labute approximate surface area is 194 Å². The van der Waals surface area contributed by atoms with Crippen molar-refractivity contribution in [2.24, 2.45) is 5.92 Å². The van der Waals surface area contributed by atoms with Gasteiger partial charge >= 0.3 is 18.1 Å². The Morgan fingerprint density at radius 2 is 1.82 bits per heavy atom. The average Bonchev–Trinajstić information content (AvgIpc) is 3.46. The van der Waals surface area contributed by atoms with Gasteiger partial charge in [-0.2, -0.15) is 18.2 Å². The number of ether oxygens (including phenoxy) is 1. The Morgan fingerprint density at radius 1 is 1.09 bits per heavy atom. The van der Waals surface area contributed by atoms with E-state index in [1.54, 1.807) is 41.6 Å². The summed E-state index contributed by atoms with van der Waals surface area (Å²) in [5.74, 6) is -0.565. The summed E-state index contributed by atoms with van der Waals surface area (Å²) in [5.41, 5.74) is 1.26. The first kappa shape index (κ1) is 23.5. The van der Waals surface area contributed by atoms with Crippen molar-refractivity contribution < 1.29 is 27.2 Å². The summed E-state index contributed by atoms with van der Waals surface area (Å²) in [6, 6.07) is 10.1. The summed E-state index contributed by atoms with van der Waals surface area (Å²) in [7, 11) is 0. The van der Waals surface area contributed by atoms with Gasteiger partial charge in [-0.3, -0.25) is 9.88 Å². The van der Waals surface area contributed by atoms with Crippen molar-refractivity contribution in [3.8, 4) is 17.1 Å². The van der Waals surface area contributed by atoms with Gasteiger partial charge in [0.2, 0.25) is 5.82 Å². The first-order valence-corrected chi connectivity index (χ1v) is 10.9. The van der Waals surface area contributed by atoms with E-state index >= 15 is 0 Å². The predicted octanol–water partition coefficient (Wildman–Crippen LogP) is 4.89. The van der Waals surface area contributed by atoms with Crippen molar-refractivity contribution in [3.05, 3.63) is 54.7 Å². The van der Waals surface area contributed by atoms with Gasteiger partial charge in [0.05, 0.1) is 6.61 Å². The monoisotopic (exact) mass is 475 g/mol. The van der Waals surface area contributed by atoms with Gasteiger partial charge in [-0.25, -0.2) is 4.79 Å². The molecule has 3 heterocycles. The quantitative estimate of drug-likeness (QED) is 0.438. The van der Waals surface area contributed by atoms with E-state index in [0.29, 0.717) is 43.5 Å². The lowest BCUT2D eigenvalue weighted by atomic mass is 10.0. The molecule has 4 rings (SSSR count). The molecule has 0 N–H and O–H groups in total. The van der Waals surface area contributed by atoms with Gasteiger partial charge in [-0.1, -0.05) is 12.1 Å². The SMILES string of the molecule is C[C@@H](CCOc1ccc(-c2noc(C(F)(F)F)n2)cc1)CCN1CCN(c2ccncc2)C1=O. The molecule has 1 aromatic carbocycles. The van der Waals surface area contributed by atoms with E-state index in [-0.39, 0.29) is 11.9 Å². The molecule has 1 aliphatic heterocycles. The number of nitrogens with zero attached hydrogens (tertiary/aromatic N) is 5. The van der Waals surface area contributed by atoms with Gasteiger partial charge in [-0.15, -0.1) is 0 Å². The van der Waals surface area contributed by atoms with Crippen molar-refractivity contribution >= 4 is 11.7 Å². The highest BCUT2D eigenvalue weighted by Crippen LogP contribution is 2.30. The van der Waals surface area contributed by atoms with Crippen LogP contribution in [0, 0.1) is 5.92 Å². The second-order valence-electron chi connectivity index (χ2n) is 8.10. The third-order valence-electron chi connectivity index (χ3n) is 5.62. The van der Waals surface area contributed by atoms with Crippen LogP contribution in [0.2, 0.25) is 0 Å². The van der Waals surface area contributed by atoms with Crippen LogP contribution in [0.25, 0.3) is 11.4 Å². The number of pyridine rings is 1. The van der Waals surface area contributed by atoms with E-state index in [2.05, 4.69) is 26.6 Å². The molecule has 3 aromatic rings. The maximum Gasteiger partial charge on any atom is 0.471 e. The molecular weight excluding hydrogens is 451 g/mol. The molecule has 1 aliphatic rings. The van der Waals surface area contributed by atoms with E-state index in [4.69, 9.17) is 4.74 Å². The molecule has 0 spiro atoms. The van der Waals surface area contributed by atoms with Crippen LogP contribution in [0.1, 0.15) is 25.7 Å². The summed E-state index contributed by atoms with van der Waals surface area (Å²) in [4.78, 5) is 23.6. The number of benzene rings is 1. The lowest BCUT2D eigenvalue weighted by Gasteiger charge is -2.20. The molecule has 2 amide bonds. The van der Waals surface area contributed by atoms with Crippen molar-refractivity contribution in [1.29, 1.82) is 0 Å². The Hall–Kier alpha value is -3.63. The maximum absolute atomic E-state index is 12.6. The van der Waals surface area contributed by atoms with E-state index < -0.39 is 12.1 Å². The molecule has 0 unspecified atom stereocenters. The average molecular weight is 475 g/mol. The third kappa shape index (κ3) is 5.64. The fourth-order valence-electron chi connectivity index (χ4n) is 3.61. The number of hydrogen-bond donors (Lipinski definition) is 0. The fourth-order valence-corrected chi connectivity index (χ4v) is 3.61. The van der Waals surface area contributed by atoms with E-state index in [9.17, 15) is 18.0 Å². The smallest absolute Gasteiger partial charge is 0.471 e. The van der Waals surface area contributed by atoms with Crippen LogP contribution in [-0.2, 0) is 6.18 Å². The highest BCUT2D eigenvalue weighted by Gasteiger charge is 2.38. The van der Waals surface area contributed by atoms with Gasteiger partial charge < -0.3 is 14.2 Å². The number of carbonyl (C=O) groups is 1. The Bertz CT molecular complexity index is 1090. The van der Waals surface area contributed by atoms with Gasteiger partial charge in [0, 0.05) is 43.3 Å². The standard InChI is InChI=1S/C23H24F3N5O3/c1-16(8-12-30-13-14-31(22(30)32)18-6-10-27-11-7-18)9-15-33-19-4-2-17(3-5-19)20-28-21(34-29-20)23(24,25)26/h2-7,10-11,16H,8-9,12-15H2,1H3/t16-/m1/s1. The molecule has 11 heteroatoms. The number of alkyl halides is 3. The van der Waals surface area contributed by atoms with E-state index in [1.165, 1.54) is 0 Å². The zero-order valence-corrected chi connectivity index (χ0v) is 18.5. The third-order valence-corrected chi connectivity index (χ3v) is 5.62. The highest BCUT2D eigenvalue weighted by molar-refractivity contribution is 5.93. The van der Waals surface area contributed by atoms with Gasteiger partial charge in [0.15, 0.2) is 0 Å².